The SMILES string of the molecule is C=C/C(=C\C(Br)=C/C)NC(=C)c1cc(Cc2ccccc2)[nH]c1/N=C(\C)N.CC. The van der Waals surface area contributed by atoms with Gasteiger partial charge in [-0.25, -0.2) is 4.99 Å². The van der Waals surface area contributed by atoms with Gasteiger partial charge in [0.25, 0.3) is 0 Å². The molecule has 0 amide bonds. The van der Waals surface area contributed by atoms with Crippen LogP contribution in [0, 0.1) is 0 Å². The molecule has 0 aliphatic carbocycles. The molecule has 5 heteroatoms. The fourth-order valence-electron chi connectivity index (χ4n) is 2.52. The summed E-state index contributed by atoms with van der Waals surface area (Å²) < 4.78 is 0.951. The monoisotopic (exact) mass is 454 g/mol. The zero-order valence-corrected chi connectivity index (χ0v) is 19.3. The minimum Gasteiger partial charge on any atom is -0.387 e. The molecule has 4 nitrogen and oxygen atoms in total. The summed E-state index contributed by atoms with van der Waals surface area (Å²) in [7, 11) is 0. The molecule has 2 aromatic rings. The predicted octanol–water partition coefficient (Wildman–Crippen LogP) is 6.57. The molecule has 0 saturated heterocycles. The number of aromatic amines is 1. The minimum absolute atomic E-state index is 0.480. The van der Waals surface area contributed by atoms with Gasteiger partial charge in [-0.15, -0.1) is 0 Å². The van der Waals surface area contributed by atoms with Gasteiger partial charge in [0.05, 0.1) is 5.84 Å². The van der Waals surface area contributed by atoms with E-state index in [2.05, 4.69) is 62.6 Å². The Balaban J connectivity index is 0.00000204. The molecule has 0 aliphatic heterocycles. The Morgan fingerprint density at radius 1 is 1.28 bits per heavy atom. The minimum atomic E-state index is 0.480. The van der Waals surface area contributed by atoms with Crippen LogP contribution in [-0.4, -0.2) is 10.8 Å². The highest BCUT2D eigenvalue weighted by atomic mass is 79.9. The third-order valence-corrected chi connectivity index (χ3v) is 4.47. The molecule has 0 unspecified atom stereocenters. The number of nitrogens with two attached hydrogens (primary N) is 1. The Labute approximate surface area is 183 Å². The average Bonchev–Trinajstić information content (AvgIpc) is 3.10. The number of halogens is 1. The van der Waals surface area contributed by atoms with Crippen molar-refractivity contribution in [1.82, 2.24) is 10.3 Å². The second-order valence-electron chi connectivity index (χ2n) is 6.05. The Hall–Kier alpha value is -2.79. The van der Waals surface area contributed by atoms with Crippen molar-refractivity contribution in [1.29, 1.82) is 0 Å². The molecule has 1 aromatic carbocycles. The van der Waals surface area contributed by atoms with E-state index in [0.29, 0.717) is 17.4 Å². The van der Waals surface area contributed by atoms with E-state index >= 15 is 0 Å². The van der Waals surface area contributed by atoms with E-state index in [1.54, 1.807) is 13.0 Å². The number of H-pyrrole nitrogens is 1. The van der Waals surface area contributed by atoms with Gasteiger partial charge in [0, 0.05) is 33.6 Å². The molecule has 154 valence electrons. The van der Waals surface area contributed by atoms with Gasteiger partial charge in [0.2, 0.25) is 0 Å². The summed E-state index contributed by atoms with van der Waals surface area (Å²) in [5.41, 5.74) is 10.5. The van der Waals surface area contributed by atoms with Crippen molar-refractivity contribution in [2.24, 2.45) is 10.7 Å². The predicted molar refractivity (Wildman–Crippen MR) is 131 cm³/mol. The maximum atomic E-state index is 5.81. The Morgan fingerprint density at radius 3 is 2.48 bits per heavy atom. The Kier molecular flexibility index (Phi) is 10.6. The van der Waals surface area contributed by atoms with Crippen molar-refractivity contribution in [3.8, 4) is 0 Å². The number of benzene rings is 1. The largest absolute Gasteiger partial charge is 0.387 e. The molecule has 1 heterocycles. The van der Waals surface area contributed by atoms with Gasteiger partial charge in [-0.2, -0.15) is 0 Å². The van der Waals surface area contributed by atoms with Gasteiger partial charge in [-0.1, -0.05) is 79.3 Å². The summed E-state index contributed by atoms with van der Waals surface area (Å²) in [5.74, 6) is 1.17. The number of hydrogen-bond donors (Lipinski definition) is 3. The second kappa shape index (κ2) is 12.6. The third kappa shape index (κ3) is 8.00. The lowest BCUT2D eigenvalue weighted by Gasteiger charge is -2.10. The molecule has 0 bridgehead atoms. The summed E-state index contributed by atoms with van der Waals surface area (Å²) in [6, 6.07) is 12.3. The van der Waals surface area contributed by atoms with Crippen LogP contribution in [0.15, 0.2) is 83.0 Å². The van der Waals surface area contributed by atoms with Crippen LogP contribution in [0.25, 0.3) is 5.70 Å². The first-order valence-corrected chi connectivity index (χ1v) is 10.4. The first kappa shape index (κ1) is 24.2. The molecule has 0 atom stereocenters. The maximum absolute atomic E-state index is 5.81. The van der Waals surface area contributed by atoms with Crippen molar-refractivity contribution in [3.05, 3.63) is 94.8 Å². The molecule has 2 rings (SSSR count). The highest BCUT2D eigenvalue weighted by Gasteiger charge is 2.12. The molecule has 0 radical (unpaired) electrons. The van der Waals surface area contributed by atoms with E-state index in [4.69, 9.17) is 5.73 Å². The number of amidine groups is 1. The summed E-state index contributed by atoms with van der Waals surface area (Å²) in [5, 5.41) is 3.29. The fourth-order valence-corrected chi connectivity index (χ4v) is 2.77. The van der Waals surface area contributed by atoms with E-state index in [-0.39, 0.29) is 0 Å². The lowest BCUT2D eigenvalue weighted by molar-refractivity contribution is 1.10. The first-order chi connectivity index (χ1) is 13.9. The van der Waals surface area contributed by atoms with Gasteiger partial charge in [0.15, 0.2) is 0 Å². The Bertz CT molecular complexity index is 898. The lowest BCUT2D eigenvalue weighted by atomic mass is 10.1. The molecule has 0 fully saturated rings. The van der Waals surface area contributed by atoms with Crippen LogP contribution in [-0.2, 0) is 6.42 Å². The Morgan fingerprint density at radius 2 is 1.93 bits per heavy atom. The molecular formula is C24H31BrN4. The van der Waals surface area contributed by atoms with E-state index in [9.17, 15) is 0 Å². The van der Waals surface area contributed by atoms with Gasteiger partial charge in [0.1, 0.15) is 5.82 Å². The van der Waals surface area contributed by atoms with Crippen molar-refractivity contribution in [3.63, 3.8) is 0 Å². The maximum Gasteiger partial charge on any atom is 0.141 e. The van der Waals surface area contributed by atoms with Crippen LogP contribution in [0.3, 0.4) is 0 Å². The summed E-state index contributed by atoms with van der Waals surface area (Å²) in [6.45, 7) is 15.7. The molecule has 0 saturated carbocycles. The molecule has 1 aromatic heterocycles. The highest BCUT2D eigenvalue weighted by Crippen LogP contribution is 2.27. The van der Waals surface area contributed by atoms with E-state index in [1.165, 1.54) is 5.56 Å². The van der Waals surface area contributed by atoms with Gasteiger partial charge in [-0.05, 0) is 37.6 Å². The number of nitrogens with one attached hydrogen (secondary N) is 2. The quantitative estimate of drug-likeness (QED) is 0.239. The van der Waals surface area contributed by atoms with Crippen molar-refractivity contribution in [2.45, 2.75) is 34.1 Å². The smallest absolute Gasteiger partial charge is 0.141 e. The van der Waals surface area contributed by atoms with Crippen LogP contribution in [0.2, 0.25) is 0 Å². The number of rotatable bonds is 8. The number of nitrogens with zero attached hydrogens (tertiary/aromatic N) is 1. The van der Waals surface area contributed by atoms with Crippen LogP contribution in [0.1, 0.15) is 44.5 Å². The van der Waals surface area contributed by atoms with Gasteiger partial charge in [-0.3, -0.25) is 0 Å². The summed E-state index contributed by atoms with van der Waals surface area (Å²) in [4.78, 5) is 7.78. The van der Waals surface area contributed by atoms with Crippen molar-refractivity contribution < 1.29 is 0 Å². The van der Waals surface area contributed by atoms with E-state index in [1.807, 2.05) is 51.1 Å². The number of aromatic nitrogens is 1. The molecular weight excluding hydrogens is 424 g/mol. The summed E-state index contributed by atoms with van der Waals surface area (Å²) in [6.07, 6.45) is 6.40. The molecule has 29 heavy (non-hydrogen) atoms. The van der Waals surface area contributed by atoms with Crippen molar-refractivity contribution in [2.75, 3.05) is 0 Å². The number of hydrogen-bond acceptors (Lipinski definition) is 2. The molecule has 0 aliphatic rings. The zero-order chi connectivity index (χ0) is 21.8. The van der Waals surface area contributed by atoms with Crippen LogP contribution in [0.5, 0.6) is 0 Å². The third-order valence-electron chi connectivity index (χ3n) is 3.79. The number of aliphatic imine (C=N–C) groups is 1. The second-order valence-corrected chi connectivity index (χ2v) is 6.97. The molecule has 4 N–H and O–H groups in total. The average molecular weight is 455 g/mol. The van der Waals surface area contributed by atoms with Crippen LogP contribution in [0.4, 0.5) is 5.82 Å². The topological polar surface area (TPSA) is 66.2 Å². The van der Waals surface area contributed by atoms with Crippen LogP contribution >= 0.6 is 15.9 Å². The van der Waals surface area contributed by atoms with Gasteiger partial charge < -0.3 is 16.0 Å². The van der Waals surface area contributed by atoms with Crippen molar-refractivity contribution >= 4 is 33.3 Å². The number of allylic oxidation sites excluding steroid dienone is 4. The zero-order valence-electron chi connectivity index (χ0n) is 17.7. The molecule has 0 spiro atoms. The van der Waals surface area contributed by atoms with E-state index in [0.717, 1.165) is 27.9 Å². The highest BCUT2D eigenvalue weighted by molar-refractivity contribution is 9.11. The van der Waals surface area contributed by atoms with E-state index < -0.39 is 0 Å². The fraction of sp³-hybridized carbons (Fsp3) is 0.208. The first-order valence-electron chi connectivity index (χ1n) is 9.61. The van der Waals surface area contributed by atoms with Gasteiger partial charge >= 0.3 is 0 Å². The van der Waals surface area contributed by atoms with Crippen LogP contribution < -0.4 is 11.1 Å². The standard InChI is InChI=1S/C22H25BrN4.C2H6/c1-5-18(23)13-19(6-2)25-15(3)21-14-20(27-22(21)26-16(4)24)12-17-10-8-7-9-11-17;1-2/h5-11,13-14,25,27H,2-3,12H2,1,4H3,(H2,24,26);1-2H3/b18-5+,19-13+;. The summed E-state index contributed by atoms with van der Waals surface area (Å²) >= 11 is 3.48. The normalized spacial score (nSPS) is 12.1. The lowest BCUT2D eigenvalue weighted by Crippen LogP contribution is -2.09.